The van der Waals surface area contributed by atoms with Crippen molar-refractivity contribution in [1.29, 1.82) is 0 Å². The van der Waals surface area contributed by atoms with E-state index in [1.807, 2.05) is 12.1 Å². The number of rotatable bonds is 5. The number of nitrogens with zero attached hydrogens (tertiary/aromatic N) is 1. The normalized spacial score (nSPS) is 22.6. The van der Waals surface area contributed by atoms with Crippen LogP contribution in [0.4, 0.5) is 10.5 Å². The first kappa shape index (κ1) is 14.7. The number of carbonyl (C=O) groups is 2. The van der Waals surface area contributed by atoms with Gasteiger partial charge in [0.2, 0.25) is 0 Å². The van der Waals surface area contributed by atoms with E-state index in [-0.39, 0.29) is 18.1 Å². The van der Waals surface area contributed by atoms with Crippen molar-refractivity contribution in [1.82, 2.24) is 4.90 Å². The summed E-state index contributed by atoms with van der Waals surface area (Å²) >= 11 is 0. The van der Waals surface area contributed by atoms with Crippen molar-refractivity contribution in [3.8, 4) is 5.75 Å². The van der Waals surface area contributed by atoms with E-state index in [0.29, 0.717) is 25.3 Å². The fourth-order valence-electron chi connectivity index (χ4n) is 2.74. The Hall–Kier alpha value is -2.24. The number of hydrogen-bond acceptors (Lipinski definition) is 4. The molecule has 3 rings (SSSR count). The van der Waals surface area contributed by atoms with Crippen LogP contribution in [0.5, 0.6) is 5.75 Å². The lowest BCUT2D eigenvalue weighted by molar-refractivity contribution is -0.149. The highest BCUT2D eigenvalue weighted by molar-refractivity contribution is 5.94. The van der Waals surface area contributed by atoms with Crippen molar-refractivity contribution in [3.05, 3.63) is 24.3 Å². The van der Waals surface area contributed by atoms with Crippen LogP contribution >= 0.6 is 0 Å². The number of likely N-dealkylation sites (tertiary alicyclic amines) is 1. The third kappa shape index (κ3) is 3.00. The van der Waals surface area contributed by atoms with Gasteiger partial charge in [-0.3, -0.25) is 0 Å². The SMILES string of the molecule is CCCCOc1ccc(NC(=O)N2C[C@@H]3C[C@@H]2C(=O)O3)cc1. The zero-order chi connectivity index (χ0) is 15.5. The summed E-state index contributed by atoms with van der Waals surface area (Å²) in [4.78, 5) is 25.3. The molecule has 2 fully saturated rings. The van der Waals surface area contributed by atoms with Gasteiger partial charge in [-0.05, 0) is 30.7 Å². The number of urea groups is 1. The van der Waals surface area contributed by atoms with Crippen LogP contribution in [0.2, 0.25) is 0 Å². The molecule has 0 radical (unpaired) electrons. The van der Waals surface area contributed by atoms with Gasteiger partial charge in [0.05, 0.1) is 13.2 Å². The van der Waals surface area contributed by atoms with Crippen LogP contribution in [-0.2, 0) is 9.53 Å². The Balaban J connectivity index is 1.54. The third-order valence-corrected chi connectivity index (χ3v) is 3.95. The number of fused-ring (bicyclic) bond motifs is 2. The first-order valence-corrected chi connectivity index (χ1v) is 7.68. The van der Waals surface area contributed by atoms with Gasteiger partial charge in [-0.2, -0.15) is 0 Å². The molecule has 0 aliphatic carbocycles. The van der Waals surface area contributed by atoms with E-state index in [1.54, 1.807) is 17.0 Å². The molecule has 0 saturated carbocycles. The number of anilines is 1. The summed E-state index contributed by atoms with van der Waals surface area (Å²) in [6, 6.07) is 6.56. The molecule has 2 bridgehead atoms. The number of carbonyl (C=O) groups excluding carboxylic acids is 2. The molecular weight excluding hydrogens is 284 g/mol. The van der Waals surface area contributed by atoms with Gasteiger partial charge in [-0.1, -0.05) is 13.3 Å². The van der Waals surface area contributed by atoms with Crippen LogP contribution in [0.3, 0.4) is 0 Å². The number of nitrogens with one attached hydrogen (secondary N) is 1. The number of benzene rings is 1. The van der Waals surface area contributed by atoms with Gasteiger partial charge in [0, 0.05) is 12.1 Å². The molecule has 1 aromatic carbocycles. The van der Waals surface area contributed by atoms with Crippen LogP contribution < -0.4 is 10.1 Å². The molecule has 2 amide bonds. The standard InChI is InChI=1S/C16H20N2O4/c1-2-3-8-21-12-6-4-11(5-7-12)17-16(20)18-10-13-9-14(18)15(19)22-13/h4-7,13-14H,2-3,8-10H2,1H3,(H,17,20)/t13-,14+/m0/s1. The summed E-state index contributed by atoms with van der Waals surface area (Å²) in [5.74, 6) is 0.487. The average Bonchev–Trinajstić information content (AvgIpc) is 3.08. The second-order valence-corrected chi connectivity index (χ2v) is 5.62. The van der Waals surface area contributed by atoms with E-state index in [9.17, 15) is 9.59 Å². The molecule has 2 aliphatic heterocycles. The zero-order valence-corrected chi connectivity index (χ0v) is 12.6. The summed E-state index contributed by atoms with van der Waals surface area (Å²) in [6.07, 6.45) is 2.58. The lowest BCUT2D eigenvalue weighted by Crippen LogP contribution is -2.46. The Morgan fingerprint density at radius 1 is 1.41 bits per heavy atom. The molecule has 6 nitrogen and oxygen atoms in total. The van der Waals surface area contributed by atoms with E-state index in [0.717, 1.165) is 18.6 Å². The fraction of sp³-hybridized carbons (Fsp3) is 0.500. The van der Waals surface area contributed by atoms with E-state index >= 15 is 0 Å². The van der Waals surface area contributed by atoms with E-state index < -0.39 is 6.04 Å². The molecule has 1 aromatic rings. The molecule has 6 heteroatoms. The van der Waals surface area contributed by atoms with Gasteiger partial charge in [0.25, 0.3) is 0 Å². The summed E-state index contributed by atoms with van der Waals surface area (Å²) in [5.41, 5.74) is 0.684. The summed E-state index contributed by atoms with van der Waals surface area (Å²) in [5, 5.41) is 2.81. The highest BCUT2D eigenvalue weighted by atomic mass is 16.6. The predicted molar refractivity (Wildman–Crippen MR) is 80.9 cm³/mol. The Labute approximate surface area is 129 Å². The van der Waals surface area contributed by atoms with E-state index in [2.05, 4.69) is 12.2 Å². The summed E-state index contributed by atoms with van der Waals surface area (Å²) in [7, 11) is 0. The lowest BCUT2D eigenvalue weighted by Gasteiger charge is -2.25. The minimum atomic E-state index is -0.429. The molecule has 0 aromatic heterocycles. The molecule has 2 saturated heterocycles. The van der Waals surface area contributed by atoms with Gasteiger partial charge in [-0.15, -0.1) is 0 Å². The largest absolute Gasteiger partial charge is 0.494 e. The van der Waals surface area contributed by atoms with Crippen LogP contribution in [0.15, 0.2) is 24.3 Å². The zero-order valence-electron chi connectivity index (χ0n) is 12.6. The second-order valence-electron chi connectivity index (χ2n) is 5.62. The van der Waals surface area contributed by atoms with Crippen LogP contribution in [0, 0.1) is 0 Å². The maximum absolute atomic E-state index is 12.2. The van der Waals surface area contributed by atoms with Gasteiger partial charge >= 0.3 is 12.0 Å². The molecule has 22 heavy (non-hydrogen) atoms. The smallest absolute Gasteiger partial charge is 0.329 e. The number of hydrogen-bond donors (Lipinski definition) is 1. The molecule has 0 spiro atoms. The number of morpholine rings is 1. The molecule has 2 atom stereocenters. The monoisotopic (exact) mass is 304 g/mol. The Morgan fingerprint density at radius 3 is 2.82 bits per heavy atom. The summed E-state index contributed by atoms with van der Waals surface area (Å²) in [6.45, 7) is 3.28. The highest BCUT2D eigenvalue weighted by Gasteiger charge is 2.48. The van der Waals surface area contributed by atoms with Crippen molar-refractivity contribution in [2.45, 2.75) is 38.3 Å². The molecule has 0 unspecified atom stereocenters. The minimum absolute atomic E-state index is 0.141. The number of ether oxygens (including phenoxy) is 2. The average molecular weight is 304 g/mol. The fourth-order valence-corrected chi connectivity index (χ4v) is 2.74. The molecule has 2 aliphatic rings. The molecule has 2 heterocycles. The first-order valence-electron chi connectivity index (χ1n) is 7.68. The van der Waals surface area contributed by atoms with Crippen LogP contribution in [-0.4, -0.2) is 42.2 Å². The number of esters is 1. The van der Waals surface area contributed by atoms with Crippen molar-refractivity contribution >= 4 is 17.7 Å². The maximum Gasteiger partial charge on any atom is 0.329 e. The van der Waals surface area contributed by atoms with Gasteiger partial charge in [0.15, 0.2) is 0 Å². The van der Waals surface area contributed by atoms with Crippen molar-refractivity contribution in [2.75, 3.05) is 18.5 Å². The Kier molecular flexibility index (Phi) is 4.18. The maximum atomic E-state index is 12.2. The molecular formula is C16H20N2O4. The molecule has 1 N–H and O–H groups in total. The van der Waals surface area contributed by atoms with Crippen molar-refractivity contribution in [3.63, 3.8) is 0 Å². The topological polar surface area (TPSA) is 67.9 Å². The van der Waals surface area contributed by atoms with Crippen molar-refractivity contribution in [2.24, 2.45) is 0 Å². The molecule has 118 valence electrons. The first-order chi connectivity index (χ1) is 10.7. The Bertz CT molecular complexity index is 558. The van der Waals surface area contributed by atoms with Crippen LogP contribution in [0.1, 0.15) is 26.2 Å². The number of unbranched alkanes of at least 4 members (excludes halogenated alkanes) is 1. The van der Waals surface area contributed by atoms with Gasteiger partial charge < -0.3 is 19.7 Å². The van der Waals surface area contributed by atoms with Crippen LogP contribution in [0.25, 0.3) is 0 Å². The summed E-state index contributed by atoms with van der Waals surface area (Å²) < 4.78 is 10.7. The lowest BCUT2D eigenvalue weighted by atomic mass is 10.2. The van der Waals surface area contributed by atoms with Crippen molar-refractivity contribution < 1.29 is 19.1 Å². The highest BCUT2D eigenvalue weighted by Crippen LogP contribution is 2.29. The quantitative estimate of drug-likeness (QED) is 0.670. The second kappa shape index (κ2) is 6.25. The van der Waals surface area contributed by atoms with Gasteiger partial charge in [0.1, 0.15) is 17.9 Å². The predicted octanol–water partition coefficient (Wildman–Crippen LogP) is 2.40. The van der Waals surface area contributed by atoms with E-state index in [4.69, 9.17) is 9.47 Å². The Morgan fingerprint density at radius 2 is 2.18 bits per heavy atom. The van der Waals surface area contributed by atoms with E-state index in [1.165, 1.54) is 0 Å². The minimum Gasteiger partial charge on any atom is -0.494 e. The van der Waals surface area contributed by atoms with Gasteiger partial charge in [-0.25, -0.2) is 9.59 Å². The third-order valence-electron chi connectivity index (χ3n) is 3.95. The number of amides is 2.